The Morgan fingerprint density at radius 3 is 2.14 bits per heavy atom. The Bertz CT molecular complexity index is 809. The van der Waals surface area contributed by atoms with Crippen LogP contribution in [0.3, 0.4) is 0 Å². The van der Waals surface area contributed by atoms with Gasteiger partial charge in [-0.15, -0.1) is 0 Å². The number of rotatable bonds is 0. The summed E-state index contributed by atoms with van der Waals surface area (Å²) < 4.78 is 0. The van der Waals surface area contributed by atoms with E-state index in [9.17, 15) is 14.9 Å². The molecule has 2 aromatic rings. The second kappa shape index (κ2) is 3.89. The number of Topliss-reactive ketones (excluding diaryl/α,β-unsaturated/α-hetero) is 2. The zero-order valence-corrected chi connectivity index (χ0v) is 11.2. The van der Waals surface area contributed by atoms with Gasteiger partial charge in [-0.1, -0.05) is 48.5 Å². The molecule has 2 aromatic carbocycles. The Hall–Kier alpha value is -2.73. The molecule has 0 saturated carbocycles. The zero-order chi connectivity index (χ0) is 14.6. The van der Waals surface area contributed by atoms with E-state index in [4.69, 9.17) is 0 Å². The van der Waals surface area contributed by atoms with E-state index in [2.05, 4.69) is 6.07 Å². The number of hydrogen-bond donors (Lipinski definition) is 0. The van der Waals surface area contributed by atoms with Crippen LogP contribution in [0, 0.1) is 16.7 Å². The number of benzene rings is 2. The van der Waals surface area contributed by atoms with E-state index in [0.717, 1.165) is 11.1 Å². The molecule has 0 saturated heterocycles. The van der Waals surface area contributed by atoms with Gasteiger partial charge in [0.1, 0.15) is 5.41 Å². The van der Waals surface area contributed by atoms with Crippen LogP contribution in [0.1, 0.15) is 37.8 Å². The lowest BCUT2D eigenvalue weighted by Crippen LogP contribution is -2.37. The molecule has 2 aliphatic rings. The third kappa shape index (κ3) is 1.27. The van der Waals surface area contributed by atoms with Gasteiger partial charge in [0.05, 0.1) is 12.0 Å². The first-order valence-electron chi connectivity index (χ1n) is 6.86. The van der Waals surface area contributed by atoms with E-state index in [0.29, 0.717) is 17.5 Å². The van der Waals surface area contributed by atoms with Crippen molar-refractivity contribution in [1.82, 2.24) is 0 Å². The minimum atomic E-state index is -1.25. The van der Waals surface area contributed by atoms with Gasteiger partial charge in [-0.2, -0.15) is 5.26 Å². The van der Waals surface area contributed by atoms with Crippen molar-refractivity contribution < 1.29 is 9.59 Å². The van der Waals surface area contributed by atoms with Crippen molar-refractivity contribution in [1.29, 1.82) is 5.26 Å². The highest BCUT2D eigenvalue weighted by Crippen LogP contribution is 2.54. The molecule has 0 heterocycles. The molecular weight excluding hydrogens is 262 g/mol. The van der Waals surface area contributed by atoms with Crippen molar-refractivity contribution in [3.8, 4) is 6.07 Å². The first-order chi connectivity index (χ1) is 10.2. The molecule has 21 heavy (non-hydrogen) atoms. The maximum Gasteiger partial charge on any atom is 0.179 e. The number of hydrogen-bond acceptors (Lipinski definition) is 3. The summed E-state index contributed by atoms with van der Waals surface area (Å²) in [6, 6.07) is 16.6. The van der Waals surface area contributed by atoms with Crippen LogP contribution < -0.4 is 0 Å². The van der Waals surface area contributed by atoms with Crippen molar-refractivity contribution >= 4 is 11.6 Å². The molecule has 3 heteroatoms. The minimum absolute atomic E-state index is 0.203. The summed E-state index contributed by atoms with van der Waals surface area (Å²) >= 11 is 0. The van der Waals surface area contributed by atoms with Gasteiger partial charge >= 0.3 is 0 Å². The maximum atomic E-state index is 12.9. The van der Waals surface area contributed by atoms with Gasteiger partial charge in [-0.05, 0) is 17.5 Å². The van der Waals surface area contributed by atoms with E-state index >= 15 is 0 Å². The van der Waals surface area contributed by atoms with E-state index in [1.54, 1.807) is 24.3 Å². The largest absolute Gasteiger partial charge is 0.293 e. The molecule has 0 fully saturated rings. The average molecular weight is 273 g/mol. The van der Waals surface area contributed by atoms with Crippen LogP contribution in [0.15, 0.2) is 48.5 Å². The fourth-order valence-corrected chi connectivity index (χ4v) is 3.71. The fourth-order valence-electron chi connectivity index (χ4n) is 3.71. The van der Waals surface area contributed by atoms with Gasteiger partial charge in [0.2, 0.25) is 0 Å². The number of nitrogens with zero attached hydrogens (tertiary/aromatic N) is 1. The number of fused-ring (bicyclic) bond motifs is 2. The molecule has 3 nitrogen and oxygen atoms in total. The summed E-state index contributed by atoms with van der Waals surface area (Å²) in [6.07, 6.45) is 0.327. The molecule has 0 aliphatic heterocycles. The van der Waals surface area contributed by atoms with Crippen LogP contribution >= 0.6 is 0 Å². The standard InChI is InChI=1S/C18H11NO2/c19-10-15-12-6-2-1-5-11(12)9-18(15)16(20)13-7-3-4-8-14(13)17(18)21/h1-8,15H,9H2. The number of carbonyl (C=O) groups is 2. The number of ketones is 2. The first-order valence-corrected chi connectivity index (χ1v) is 6.86. The van der Waals surface area contributed by atoms with Gasteiger partial charge in [0.15, 0.2) is 11.6 Å². The predicted molar refractivity (Wildman–Crippen MR) is 76.0 cm³/mol. The smallest absolute Gasteiger partial charge is 0.179 e. The summed E-state index contributed by atoms with van der Waals surface area (Å²) in [7, 11) is 0. The SMILES string of the molecule is N#CC1c2ccccc2CC12C(=O)c1ccccc1C2=O. The molecule has 0 radical (unpaired) electrons. The Balaban J connectivity index is 1.98. The fraction of sp³-hybridized carbons (Fsp3) is 0.167. The molecule has 1 spiro atoms. The van der Waals surface area contributed by atoms with Crippen molar-refractivity contribution in [2.75, 3.05) is 0 Å². The summed E-state index contributed by atoms with van der Waals surface area (Å²) in [5.74, 6) is -1.10. The lowest BCUT2D eigenvalue weighted by atomic mass is 9.72. The molecule has 0 N–H and O–H groups in total. The van der Waals surface area contributed by atoms with E-state index < -0.39 is 11.3 Å². The van der Waals surface area contributed by atoms with Crippen molar-refractivity contribution in [2.24, 2.45) is 5.41 Å². The molecule has 0 bridgehead atoms. The summed E-state index contributed by atoms with van der Waals surface area (Å²) in [5.41, 5.74) is 1.40. The zero-order valence-electron chi connectivity index (χ0n) is 11.2. The van der Waals surface area contributed by atoms with Gasteiger partial charge in [-0.3, -0.25) is 9.59 Å². The number of carbonyl (C=O) groups excluding carboxylic acids is 2. The second-order valence-corrected chi connectivity index (χ2v) is 5.61. The molecule has 2 aliphatic carbocycles. The average Bonchev–Trinajstić information content (AvgIpc) is 2.97. The molecule has 1 unspecified atom stereocenters. The third-order valence-electron chi connectivity index (χ3n) is 4.68. The normalized spacial score (nSPS) is 21.2. The van der Waals surface area contributed by atoms with Gasteiger partial charge in [0, 0.05) is 11.1 Å². The summed E-state index contributed by atoms with van der Waals surface area (Å²) in [4.78, 5) is 25.8. The van der Waals surface area contributed by atoms with Crippen LogP contribution in [0.5, 0.6) is 0 Å². The third-order valence-corrected chi connectivity index (χ3v) is 4.68. The maximum absolute atomic E-state index is 12.9. The Labute approximate surface area is 121 Å². The van der Waals surface area contributed by atoms with Gasteiger partial charge < -0.3 is 0 Å². The van der Waals surface area contributed by atoms with E-state index in [-0.39, 0.29) is 11.6 Å². The van der Waals surface area contributed by atoms with Crippen molar-refractivity contribution in [3.05, 3.63) is 70.8 Å². The van der Waals surface area contributed by atoms with E-state index in [1.165, 1.54) is 0 Å². The first kappa shape index (κ1) is 12.0. The number of nitriles is 1. The van der Waals surface area contributed by atoms with Crippen LogP contribution in [0.25, 0.3) is 0 Å². The second-order valence-electron chi connectivity index (χ2n) is 5.61. The summed E-state index contributed by atoms with van der Waals surface area (Å²) in [6.45, 7) is 0. The molecular formula is C18H11NO2. The van der Waals surface area contributed by atoms with E-state index in [1.807, 2.05) is 24.3 Å². The predicted octanol–water partition coefficient (Wildman–Crippen LogP) is 2.92. The Morgan fingerprint density at radius 2 is 1.52 bits per heavy atom. The molecule has 0 aromatic heterocycles. The lowest BCUT2D eigenvalue weighted by molar-refractivity contribution is 0.0693. The molecule has 100 valence electrons. The summed E-state index contributed by atoms with van der Waals surface area (Å²) in [5, 5.41) is 9.60. The highest BCUT2D eigenvalue weighted by Gasteiger charge is 2.61. The highest BCUT2D eigenvalue weighted by atomic mass is 16.2. The lowest BCUT2D eigenvalue weighted by Gasteiger charge is -2.23. The van der Waals surface area contributed by atoms with Crippen LogP contribution in [-0.2, 0) is 6.42 Å². The van der Waals surface area contributed by atoms with Crippen molar-refractivity contribution in [3.63, 3.8) is 0 Å². The quantitative estimate of drug-likeness (QED) is 0.693. The molecule has 4 rings (SSSR count). The van der Waals surface area contributed by atoms with Crippen LogP contribution in [-0.4, -0.2) is 11.6 Å². The monoisotopic (exact) mass is 273 g/mol. The Kier molecular flexibility index (Phi) is 2.23. The Morgan fingerprint density at radius 1 is 0.952 bits per heavy atom. The minimum Gasteiger partial charge on any atom is -0.293 e. The molecule has 0 amide bonds. The van der Waals surface area contributed by atoms with Crippen molar-refractivity contribution in [2.45, 2.75) is 12.3 Å². The topological polar surface area (TPSA) is 57.9 Å². The van der Waals surface area contributed by atoms with Crippen LogP contribution in [0.4, 0.5) is 0 Å². The molecule has 1 atom stereocenters. The van der Waals surface area contributed by atoms with Crippen LogP contribution in [0.2, 0.25) is 0 Å². The highest BCUT2D eigenvalue weighted by molar-refractivity contribution is 6.30. The van der Waals surface area contributed by atoms with Gasteiger partial charge in [-0.25, -0.2) is 0 Å². The van der Waals surface area contributed by atoms with Gasteiger partial charge in [0.25, 0.3) is 0 Å².